The van der Waals surface area contributed by atoms with Gasteiger partial charge in [0.25, 0.3) is 10.0 Å². The molecule has 1 saturated carbocycles. The Labute approximate surface area is 179 Å². The highest BCUT2D eigenvalue weighted by atomic mass is 35.5. The molecule has 1 saturated heterocycles. The van der Waals surface area contributed by atoms with E-state index in [0.29, 0.717) is 60.6 Å². The first kappa shape index (κ1) is 20.4. The lowest BCUT2D eigenvalue weighted by atomic mass is 9.95. The minimum absolute atomic E-state index is 0.0686. The highest BCUT2D eigenvalue weighted by Crippen LogP contribution is 2.51. The number of rotatable bonds is 5. The van der Waals surface area contributed by atoms with Crippen LogP contribution in [0.4, 0.5) is 5.82 Å². The number of amides is 1. The van der Waals surface area contributed by atoms with Crippen LogP contribution in [0.1, 0.15) is 18.4 Å². The number of morpholine rings is 1. The van der Waals surface area contributed by atoms with E-state index in [1.807, 2.05) is 4.90 Å². The normalized spacial score (nSPS) is 18.3. The van der Waals surface area contributed by atoms with Crippen LogP contribution in [-0.2, 0) is 25.0 Å². The number of nitrogens with zero attached hydrogens (tertiary/aromatic N) is 2. The van der Waals surface area contributed by atoms with Crippen LogP contribution in [0.15, 0.2) is 41.4 Å². The third-order valence-corrected chi connectivity index (χ3v) is 7.09. The van der Waals surface area contributed by atoms with E-state index in [1.165, 1.54) is 12.3 Å². The van der Waals surface area contributed by atoms with E-state index in [9.17, 15) is 13.2 Å². The highest BCUT2D eigenvalue weighted by Gasteiger charge is 2.53. The third kappa shape index (κ3) is 4.07. The predicted molar refractivity (Wildman–Crippen MR) is 110 cm³/mol. The Bertz CT molecular complexity index is 1030. The van der Waals surface area contributed by atoms with Crippen LogP contribution in [0.5, 0.6) is 0 Å². The summed E-state index contributed by atoms with van der Waals surface area (Å²) in [4.78, 5) is 19.0. The van der Waals surface area contributed by atoms with Crippen LogP contribution in [-0.4, -0.2) is 45.6 Å². The Morgan fingerprint density at radius 1 is 1.14 bits per heavy atom. The average Bonchev–Trinajstić information content (AvgIpc) is 3.50. The summed E-state index contributed by atoms with van der Waals surface area (Å²) in [6.07, 6.45) is 2.29. The summed E-state index contributed by atoms with van der Waals surface area (Å²) < 4.78 is 32.9. The number of benzene rings is 1. The van der Waals surface area contributed by atoms with E-state index in [1.54, 1.807) is 24.3 Å². The van der Waals surface area contributed by atoms with Crippen molar-refractivity contribution in [3.8, 4) is 0 Å². The first-order chi connectivity index (χ1) is 13.8. The highest BCUT2D eigenvalue weighted by molar-refractivity contribution is 7.90. The Kier molecular flexibility index (Phi) is 5.46. The number of carbonyl (C=O) groups excluding carboxylic acids is 1. The van der Waals surface area contributed by atoms with Gasteiger partial charge >= 0.3 is 0 Å². The molecule has 2 heterocycles. The number of nitrogens with one attached hydrogen (secondary N) is 1. The Morgan fingerprint density at radius 3 is 2.45 bits per heavy atom. The van der Waals surface area contributed by atoms with Gasteiger partial charge in [0.1, 0.15) is 10.7 Å². The number of pyridine rings is 1. The molecular formula is C19H19Cl2N3O4S. The van der Waals surface area contributed by atoms with Gasteiger partial charge in [-0.1, -0.05) is 29.3 Å². The Balaban J connectivity index is 1.51. The monoisotopic (exact) mass is 455 g/mol. The van der Waals surface area contributed by atoms with Gasteiger partial charge in [-0.15, -0.1) is 0 Å². The van der Waals surface area contributed by atoms with E-state index in [4.69, 9.17) is 27.9 Å². The van der Waals surface area contributed by atoms with Crippen LogP contribution in [0.2, 0.25) is 10.0 Å². The van der Waals surface area contributed by atoms with Gasteiger partial charge in [-0.25, -0.2) is 18.1 Å². The molecular weight excluding hydrogens is 437 g/mol. The molecule has 1 aliphatic heterocycles. The minimum Gasteiger partial charge on any atom is -0.378 e. The predicted octanol–water partition coefficient (Wildman–Crippen LogP) is 2.76. The third-order valence-electron chi connectivity index (χ3n) is 5.22. The minimum atomic E-state index is -4.05. The molecule has 0 bridgehead atoms. The summed E-state index contributed by atoms with van der Waals surface area (Å²) in [6, 6.07) is 7.94. The summed E-state index contributed by atoms with van der Waals surface area (Å²) in [5.41, 5.74) is -0.368. The molecule has 154 valence electrons. The molecule has 1 aromatic carbocycles. The molecule has 2 aliphatic rings. The van der Waals surface area contributed by atoms with Gasteiger partial charge in [-0.2, -0.15) is 0 Å². The number of hydrogen-bond donors (Lipinski definition) is 1. The fourth-order valence-corrected chi connectivity index (χ4v) is 5.00. The van der Waals surface area contributed by atoms with Gasteiger partial charge in [0, 0.05) is 29.3 Å². The van der Waals surface area contributed by atoms with Crippen LogP contribution < -0.4 is 9.62 Å². The van der Waals surface area contributed by atoms with Crippen molar-refractivity contribution >= 4 is 45.0 Å². The SMILES string of the molecule is O=C(NS(=O)(=O)c1ccc(N2CCOCC2)nc1)C1(c2ccc(Cl)cc2Cl)CC1. The summed E-state index contributed by atoms with van der Waals surface area (Å²) in [6.45, 7) is 2.60. The number of ether oxygens (including phenoxy) is 1. The molecule has 0 atom stereocenters. The van der Waals surface area contributed by atoms with Crippen molar-refractivity contribution in [2.75, 3.05) is 31.2 Å². The largest absolute Gasteiger partial charge is 0.378 e. The van der Waals surface area contributed by atoms with Gasteiger partial charge in [0.2, 0.25) is 5.91 Å². The summed E-state index contributed by atoms with van der Waals surface area (Å²) in [5, 5.41) is 0.799. The van der Waals surface area contributed by atoms with E-state index in [2.05, 4.69) is 9.71 Å². The van der Waals surface area contributed by atoms with E-state index in [0.717, 1.165) is 0 Å². The van der Waals surface area contributed by atoms with Crippen molar-refractivity contribution in [2.45, 2.75) is 23.2 Å². The molecule has 0 unspecified atom stereocenters. The molecule has 4 rings (SSSR count). The van der Waals surface area contributed by atoms with Crippen LogP contribution in [0, 0.1) is 0 Å². The zero-order valence-corrected chi connectivity index (χ0v) is 17.7. The lowest BCUT2D eigenvalue weighted by molar-refractivity contribution is -0.121. The number of halogens is 2. The topological polar surface area (TPSA) is 88.6 Å². The Morgan fingerprint density at radius 2 is 1.86 bits per heavy atom. The first-order valence-electron chi connectivity index (χ1n) is 9.13. The second-order valence-electron chi connectivity index (χ2n) is 7.09. The molecule has 7 nitrogen and oxygen atoms in total. The fourth-order valence-electron chi connectivity index (χ4n) is 3.41. The van der Waals surface area contributed by atoms with Crippen molar-refractivity contribution in [2.24, 2.45) is 0 Å². The maximum Gasteiger partial charge on any atom is 0.265 e. The molecule has 0 radical (unpaired) electrons. The standard InChI is InChI=1S/C19H19Cl2N3O4S/c20-13-1-3-15(16(21)11-13)19(5-6-19)18(25)23-29(26,27)14-2-4-17(22-12-14)24-7-9-28-10-8-24/h1-4,11-12H,5-10H2,(H,23,25). The van der Waals surface area contributed by atoms with E-state index < -0.39 is 21.3 Å². The lowest BCUT2D eigenvalue weighted by Crippen LogP contribution is -2.39. The molecule has 2 fully saturated rings. The molecule has 1 amide bonds. The average molecular weight is 456 g/mol. The molecule has 1 aliphatic carbocycles. The van der Waals surface area contributed by atoms with Crippen molar-refractivity contribution in [3.63, 3.8) is 0 Å². The number of carbonyl (C=O) groups is 1. The summed E-state index contributed by atoms with van der Waals surface area (Å²) in [7, 11) is -4.05. The van der Waals surface area contributed by atoms with Crippen molar-refractivity contribution < 1.29 is 17.9 Å². The smallest absolute Gasteiger partial charge is 0.265 e. The van der Waals surface area contributed by atoms with Crippen molar-refractivity contribution in [1.29, 1.82) is 0 Å². The number of anilines is 1. The van der Waals surface area contributed by atoms with Crippen molar-refractivity contribution in [1.82, 2.24) is 9.71 Å². The molecule has 0 spiro atoms. The van der Waals surface area contributed by atoms with Crippen LogP contribution in [0.3, 0.4) is 0 Å². The maximum atomic E-state index is 12.8. The zero-order chi connectivity index (χ0) is 20.6. The molecule has 29 heavy (non-hydrogen) atoms. The maximum absolute atomic E-state index is 12.8. The lowest BCUT2D eigenvalue weighted by Gasteiger charge is -2.27. The number of hydrogen-bond acceptors (Lipinski definition) is 6. The van der Waals surface area contributed by atoms with Gasteiger partial charge in [-0.3, -0.25) is 4.79 Å². The number of sulfonamides is 1. The summed E-state index contributed by atoms with van der Waals surface area (Å²) in [5.74, 6) is 0.0733. The summed E-state index contributed by atoms with van der Waals surface area (Å²) >= 11 is 12.2. The second kappa shape index (κ2) is 7.75. The van der Waals surface area contributed by atoms with Gasteiger partial charge in [0.05, 0.1) is 18.6 Å². The van der Waals surface area contributed by atoms with Crippen molar-refractivity contribution in [3.05, 3.63) is 52.1 Å². The van der Waals surface area contributed by atoms with Gasteiger partial charge < -0.3 is 9.64 Å². The first-order valence-corrected chi connectivity index (χ1v) is 11.4. The van der Waals surface area contributed by atoms with Gasteiger partial charge in [-0.05, 0) is 42.7 Å². The van der Waals surface area contributed by atoms with Crippen LogP contribution >= 0.6 is 23.2 Å². The zero-order valence-electron chi connectivity index (χ0n) is 15.4. The Hall–Kier alpha value is -1.87. The van der Waals surface area contributed by atoms with Crippen LogP contribution in [0.25, 0.3) is 0 Å². The fraction of sp³-hybridized carbons (Fsp3) is 0.368. The van der Waals surface area contributed by atoms with Gasteiger partial charge in [0.15, 0.2) is 0 Å². The molecule has 2 aromatic rings. The van der Waals surface area contributed by atoms with E-state index in [-0.39, 0.29) is 4.90 Å². The molecule has 1 N–H and O–H groups in total. The number of aromatic nitrogens is 1. The second-order valence-corrected chi connectivity index (χ2v) is 9.62. The van der Waals surface area contributed by atoms with E-state index >= 15 is 0 Å². The quantitative estimate of drug-likeness (QED) is 0.745. The molecule has 10 heteroatoms. The molecule has 1 aromatic heterocycles.